The number of hydrogen-bond acceptors (Lipinski definition) is 4. The third kappa shape index (κ3) is 2.48. The molecule has 0 fully saturated rings. The average Bonchev–Trinajstić information content (AvgIpc) is 2.71. The quantitative estimate of drug-likeness (QED) is 0.906. The van der Waals surface area contributed by atoms with Gasteiger partial charge in [-0.25, -0.2) is 4.98 Å². The van der Waals surface area contributed by atoms with Crippen LogP contribution in [0.2, 0.25) is 0 Å². The highest BCUT2D eigenvalue weighted by atomic mass is 32.1. The molecule has 90 valence electrons. The first kappa shape index (κ1) is 12.1. The Hall–Kier alpha value is -1.39. The maximum Gasteiger partial charge on any atom is 0.107 e. The van der Waals surface area contributed by atoms with Gasteiger partial charge in [-0.05, 0) is 24.6 Å². The molecule has 0 atom stereocenters. The van der Waals surface area contributed by atoms with Crippen molar-refractivity contribution in [2.45, 2.75) is 13.5 Å². The monoisotopic (exact) mass is 247 g/mol. The van der Waals surface area contributed by atoms with Gasteiger partial charge in [0.15, 0.2) is 0 Å². The Morgan fingerprint density at radius 3 is 2.35 bits per heavy atom. The second-order valence-corrected chi connectivity index (χ2v) is 5.25. The first-order chi connectivity index (χ1) is 8.11. The van der Waals surface area contributed by atoms with Crippen molar-refractivity contribution in [1.29, 1.82) is 0 Å². The van der Waals surface area contributed by atoms with E-state index in [2.05, 4.69) is 34.1 Å². The van der Waals surface area contributed by atoms with E-state index in [0.29, 0.717) is 6.54 Å². The first-order valence-electron chi connectivity index (χ1n) is 5.56. The summed E-state index contributed by atoms with van der Waals surface area (Å²) in [6, 6.07) is 8.51. The molecule has 0 bridgehead atoms. The number of aryl methyl sites for hydroxylation is 1. The summed E-state index contributed by atoms with van der Waals surface area (Å²) >= 11 is 1.68. The molecule has 1 heterocycles. The van der Waals surface area contributed by atoms with Crippen molar-refractivity contribution in [2.75, 3.05) is 19.0 Å². The third-order valence-electron chi connectivity index (χ3n) is 2.66. The molecular formula is C13H17N3S. The normalized spacial score (nSPS) is 10.6. The molecule has 2 rings (SSSR count). The highest BCUT2D eigenvalue weighted by Crippen LogP contribution is 2.30. The minimum atomic E-state index is 0.515. The third-order valence-corrected chi connectivity index (χ3v) is 3.89. The molecule has 1 aromatic carbocycles. The van der Waals surface area contributed by atoms with Crippen LogP contribution in [0.5, 0.6) is 0 Å². The van der Waals surface area contributed by atoms with E-state index < -0.39 is 0 Å². The number of benzene rings is 1. The summed E-state index contributed by atoms with van der Waals surface area (Å²) in [5, 5.41) is 0.995. The molecule has 3 nitrogen and oxygen atoms in total. The molecule has 0 radical (unpaired) electrons. The first-order valence-corrected chi connectivity index (χ1v) is 6.37. The van der Waals surface area contributed by atoms with Crippen LogP contribution in [0.3, 0.4) is 0 Å². The van der Waals surface area contributed by atoms with E-state index in [-0.39, 0.29) is 0 Å². The fourth-order valence-corrected chi connectivity index (χ4v) is 2.67. The van der Waals surface area contributed by atoms with Crippen molar-refractivity contribution < 1.29 is 0 Å². The average molecular weight is 247 g/mol. The summed E-state index contributed by atoms with van der Waals surface area (Å²) in [4.78, 5) is 7.76. The van der Waals surface area contributed by atoms with Gasteiger partial charge in [-0.1, -0.05) is 12.1 Å². The van der Waals surface area contributed by atoms with Gasteiger partial charge in [-0.2, -0.15) is 0 Å². The number of nitrogens with zero attached hydrogens (tertiary/aromatic N) is 2. The summed E-state index contributed by atoms with van der Waals surface area (Å²) in [6.07, 6.45) is 0. The highest BCUT2D eigenvalue weighted by Gasteiger charge is 2.08. The number of thiazole rings is 1. The van der Waals surface area contributed by atoms with Gasteiger partial charge in [0.25, 0.3) is 0 Å². The summed E-state index contributed by atoms with van der Waals surface area (Å²) in [6.45, 7) is 2.55. The molecule has 2 N–H and O–H groups in total. The zero-order valence-corrected chi connectivity index (χ0v) is 11.2. The number of rotatable bonds is 3. The van der Waals surface area contributed by atoms with Gasteiger partial charge in [0, 0.05) is 26.3 Å². The summed E-state index contributed by atoms with van der Waals surface area (Å²) in [7, 11) is 4.08. The SMILES string of the molecule is Cc1nc(CN)sc1-c1ccc(N(C)C)cc1. The Labute approximate surface area is 106 Å². The van der Waals surface area contributed by atoms with Crippen molar-refractivity contribution in [1.82, 2.24) is 4.98 Å². The lowest BCUT2D eigenvalue weighted by atomic mass is 10.1. The second kappa shape index (κ2) is 4.85. The van der Waals surface area contributed by atoms with Crippen LogP contribution in [0.4, 0.5) is 5.69 Å². The second-order valence-electron chi connectivity index (χ2n) is 4.17. The van der Waals surface area contributed by atoms with Crippen molar-refractivity contribution in [3.8, 4) is 10.4 Å². The van der Waals surface area contributed by atoms with Gasteiger partial charge < -0.3 is 10.6 Å². The lowest BCUT2D eigenvalue weighted by molar-refractivity contribution is 1.02. The van der Waals surface area contributed by atoms with Gasteiger partial charge >= 0.3 is 0 Å². The Morgan fingerprint density at radius 1 is 1.24 bits per heavy atom. The standard InChI is InChI=1S/C13H17N3S/c1-9-13(17-12(8-14)15-9)10-4-6-11(7-5-10)16(2)3/h4-7H,8,14H2,1-3H3. The Bertz CT molecular complexity index is 500. The van der Waals surface area contributed by atoms with Crippen LogP contribution in [-0.2, 0) is 6.54 Å². The van der Waals surface area contributed by atoms with E-state index in [1.807, 2.05) is 21.0 Å². The Kier molecular flexibility index (Phi) is 3.45. The van der Waals surface area contributed by atoms with Gasteiger partial charge in [-0.3, -0.25) is 0 Å². The molecule has 0 amide bonds. The minimum absolute atomic E-state index is 0.515. The van der Waals surface area contributed by atoms with Crippen LogP contribution in [-0.4, -0.2) is 19.1 Å². The molecule has 0 saturated heterocycles. The Morgan fingerprint density at radius 2 is 1.88 bits per heavy atom. The van der Waals surface area contributed by atoms with Crippen molar-refractivity contribution in [2.24, 2.45) is 5.73 Å². The molecule has 4 heteroatoms. The van der Waals surface area contributed by atoms with Crippen LogP contribution < -0.4 is 10.6 Å². The topological polar surface area (TPSA) is 42.1 Å². The van der Waals surface area contributed by atoms with Gasteiger partial charge in [0.05, 0.1) is 10.6 Å². The zero-order valence-electron chi connectivity index (χ0n) is 10.4. The predicted octanol–water partition coefficient (Wildman–Crippen LogP) is 2.64. The summed E-state index contributed by atoms with van der Waals surface area (Å²) in [5.74, 6) is 0. The van der Waals surface area contributed by atoms with Crippen molar-refractivity contribution >= 4 is 17.0 Å². The number of aromatic nitrogens is 1. The molecule has 0 saturated carbocycles. The van der Waals surface area contributed by atoms with E-state index in [1.54, 1.807) is 11.3 Å². The van der Waals surface area contributed by atoms with Crippen LogP contribution in [0.15, 0.2) is 24.3 Å². The zero-order chi connectivity index (χ0) is 12.4. The number of anilines is 1. The Balaban J connectivity index is 2.36. The molecular weight excluding hydrogens is 230 g/mol. The highest BCUT2D eigenvalue weighted by molar-refractivity contribution is 7.15. The van der Waals surface area contributed by atoms with Crippen molar-refractivity contribution in [3.05, 3.63) is 35.0 Å². The van der Waals surface area contributed by atoms with Crippen LogP contribution >= 0.6 is 11.3 Å². The minimum Gasteiger partial charge on any atom is -0.378 e. The molecule has 0 aliphatic carbocycles. The maximum absolute atomic E-state index is 5.62. The fourth-order valence-electron chi connectivity index (χ4n) is 1.72. The van der Waals surface area contributed by atoms with E-state index in [4.69, 9.17) is 5.73 Å². The molecule has 0 aliphatic heterocycles. The smallest absolute Gasteiger partial charge is 0.107 e. The van der Waals surface area contributed by atoms with Crippen LogP contribution in [0.25, 0.3) is 10.4 Å². The molecule has 0 aliphatic rings. The summed E-state index contributed by atoms with van der Waals surface area (Å²) in [5.41, 5.74) is 9.10. The largest absolute Gasteiger partial charge is 0.378 e. The molecule has 17 heavy (non-hydrogen) atoms. The van der Waals surface area contributed by atoms with Crippen LogP contribution in [0.1, 0.15) is 10.7 Å². The van der Waals surface area contributed by atoms with Crippen molar-refractivity contribution in [3.63, 3.8) is 0 Å². The molecule has 0 unspecified atom stereocenters. The molecule has 2 aromatic rings. The number of hydrogen-bond donors (Lipinski definition) is 1. The lowest BCUT2D eigenvalue weighted by Crippen LogP contribution is -2.07. The lowest BCUT2D eigenvalue weighted by Gasteiger charge is -2.12. The van der Waals surface area contributed by atoms with E-state index >= 15 is 0 Å². The number of nitrogens with two attached hydrogens (primary N) is 1. The predicted molar refractivity (Wildman–Crippen MR) is 74.5 cm³/mol. The van der Waals surface area contributed by atoms with Gasteiger partial charge in [-0.15, -0.1) is 11.3 Å². The molecule has 0 spiro atoms. The summed E-state index contributed by atoms with van der Waals surface area (Å²) < 4.78 is 0. The molecule has 1 aromatic heterocycles. The fraction of sp³-hybridized carbons (Fsp3) is 0.308. The van der Waals surface area contributed by atoms with Gasteiger partial charge in [0.2, 0.25) is 0 Å². The van der Waals surface area contributed by atoms with E-state index in [1.165, 1.54) is 16.1 Å². The van der Waals surface area contributed by atoms with Crippen LogP contribution in [0, 0.1) is 6.92 Å². The maximum atomic E-state index is 5.62. The van der Waals surface area contributed by atoms with E-state index in [9.17, 15) is 0 Å². The van der Waals surface area contributed by atoms with Gasteiger partial charge in [0.1, 0.15) is 5.01 Å². The van der Waals surface area contributed by atoms with E-state index in [0.717, 1.165) is 10.7 Å².